The van der Waals surface area contributed by atoms with Gasteiger partial charge in [0.2, 0.25) is 11.8 Å². The zero-order chi connectivity index (χ0) is 49.5. The summed E-state index contributed by atoms with van der Waals surface area (Å²) >= 11 is 0. The topological polar surface area (TPSA) is 196 Å². The molecule has 0 saturated carbocycles. The number of nitrogens with zero attached hydrogens (tertiary/aromatic N) is 5. The Morgan fingerprint density at radius 1 is 0.623 bits per heavy atom. The van der Waals surface area contributed by atoms with E-state index in [4.69, 9.17) is 28.9 Å². The van der Waals surface area contributed by atoms with Gasteiger partial charge in [0.05, 0.1) is 72.7 Å². The number of ether oxygens (including phenoxy) is 4. The number of rotatable bonds is 13. The third-order valence-electron chi connectivity index (χ3n) is 14.4. The van der Waals surface area contributed by atoms with Gasteiger partial charge in [0.15, 0.2) is 0 Å². The summed E-state index contributed by atoms with van der Waals surface area (Å²) in [6.07, 6.45) is 1.18. The fraction of sp³-hybridized carbons (Fsp3) is 0.538. The number of aromatic nitrogens is 4. The fourth-order valence-corrected chi connectivity index (χ4v) is 10.5. The number of nitrogens with one attached hydrogen (secondary N) is 4. The Bertz CT molecular complexity index is 2500. The Labute approximate surface area is 404 Å². The first-order chi connectivity index (χ1) is 32.9. The van der Waals surface area contributed by atoms with E-state index in [9.17, 15) is 19.2 Å². The molecule has 17 nitrogen and oxygen atoms in total. The van der Waals surface area contributed by atoms with Gasteiger partial charge < -0.3 is 54.2 Å². The van der Waals surface area contributed by atoms with Crippen molar-refractivity contribution < 1.29 is 38.1 Å². The standard InChI is InChI=1S/C52H69N9O8/c1-28(2)44(57-50(64)68-10)48(62)59-26-34(66-8)24-42(59)46-53-36-18-12-30(22-38(36)55-46)40-20-21-41(61(40)33-16-14-32(15-17-33)52(5,6)7)31-13-19-37-39(23-31)56-47(54-37)43-25-35(67-9)27-60(43)49(63)45(29(3)4)58-51(65)69-11/h12-19,22-23,28-29,34-35,40-45H,20-21,24-27H2,1-11H3,(H,53,55)(H,54,56)(H,57,64)(H,58,65)/t34-,35-,40+,41+,42-,43-,44-,45-/m0/s1. The molecule has 2 aromatic heterocycles. The number of fused-ring (bicyclic) bond motifs is 2. The van der Waals surface area contributed by atoms with E-state index >= 15 is 0 Å². The molecule has 3 fully saturated rings. The van der Waals surface area contributed by atoms with Crippen LogP contribution in [0.4, 0.5) is 15.3 Å². The van der Waals surface area contributed by atoms with E-state index < -0.39 is 24.3 Å². The molecular weight excluding hydrogens is 879 g/mol. The first-order valence-corrected chi connectivity index (χ1v) is 24.2. The second-order valence-electron chi connectivity index (χ2n) is 20.5. The van der Waals surface area contributed by atoms with Gasteiger partial charge in [-0.15, -0.1) is 0 Å². The van der Waals surface area contributed by atoms with Crippen molar-refractivity contribution in [1.82, 2.24) is 40.4 Å². The molecule has 0 aliphatic carbocycles. The van der Waals surface area contributed by atoms with E-state index in [1.54, 1.807) is 24.0 Å². The van der Waals surface area contributed by atoms with Gasteiger partial charge >= 0.3 is 12.2 Å². The number of H-pyrrole nitrogens is 2. The molecule has 17 heteroatoms. The van der Waals surface area contributed by atoms with Crippen molar-refractivity contribution in [3.05, 3.63) is 89.0 Å². The minimum absolute atomic E-state index is 0.0135. The zero-order valence-electron chi connectivity index (χ0n) is 41.8. The maximum atomic E-state index is 14.1. The molecule has 3 aromatic carbocycles. The number of anilines is 1. The third-order valence-corrected chi connectivity index (χ3v) is 14.4. The number of methoxy groups -OCH3 is 4. The smallest absolute Gasteiger partial charge is 0.407 e. The van der Waals surface area contributed by atoms with Gasteiger partial charge in [0.1, 0.15) is 23.7 Å². The number of hydrogen-bond donors (Lipinski definition) is 4. The van der Waals surface area contributed by atoms with Gasteiger partial charge in [-0.05, 0) is 83.2 Å². The van der Waals surface area contributed by atoms with Crippen molar-refractivity contribution in [3.63, 3.8) is 0 Å². The number of aromatic amines is 2. The summed E-state index contributed by atoms with van der Waals surface area (Å²) in [5.74, 6) is 0.559. The predicted molar refractivity (Wildman–Crippen MR) is 263 cm³/mol. The summed E-state index contributed by atoms with van der Waals surface area (Å²) in [4.78, 5) is 76.2. The molecule has 0 bridgehead atoms. The van der Waals surface area contributed by atoms with Gasteiger partial charge in [-0.3, -0.25) is 9.59 Å². The Morgan fingerprint density at radius 2 is 1.04 bits per heavy atom. The highest BCUT2D eigenvalue weighted by Crippen LogP contribution is 2.48. The Balaban J connectivity index is 1.11. The van der Waals surface area contributed by atoms with Crippen molar-refractivity contribution in [3.8, 4) is 0 Å². The molecular formula is C52H69N9O8. The average Bonchev–Trinajstić information content (AvgIpc) is 4.19. The molecule has 3 aliphatic heterocycles. The lowest BCUT2D eigenvalue weighted by atomic mass is 9.87. The van der Waals surface area contributed by atoms with E-state index in [0.717, 1.165) is 51.7 Å². The molecule has 4 N–H and O–H groups in total. The minimum atomic E-state index is -0.779. The van der Waals surface area contributed by atoms with Crippen LogP contribution in [0.1, 0.15) is 127 Å². The van der Waals surface area contributed by atoms with E-state index in [0.29, 0.717) is 37.6 Å². The lowest BCUT2D eigenvalue weighted by Gasteiger charge is -2.34. The van der Waals surface area contributed by atoms with Crippen molar-refractivity contribution in [2.24, 2.45) is 11.8 Å². The number of likely N-dealkylation sites (tertiary alicyclic amines) is 2. The van der Waals surface area contributed by atoms with Crippen LogP contribution in [0.25, 0.3) is 22.1 Å². The highest BCUT2D eigenvalue weighted by atomic mass is 16.5. The molecule has 0 unspecified atom stereocenters. The first-order valence-electron chi connectivity index (χ1n) is 24.2. The van der Waals surface area contributed by atoms with Crippen LogP contribution >= 0.6 is 0 Å². The molecule has 5 heterocycles. The highest BCUT2D eigenvalue weighted by molar-refractivity contribution is 5.88. The zero-order valence-corrected chi connectivity index (χ0v) is 41.8. The number of carbonyl (C=O) groups excluding carboxylic acids is 4. The molecule has 370 valence electrons. The van der Waals surface area contributed by atoms with Gasteiger partial charge in [0.25, 0.3) is 0 Å². The number of benzene rings is 3. The number of carbonyl (C=O) groups is 4. The summed E-state index contributed by atoms with van der Waals surface area (Å²) in [6, 6.07) is 19.5. The van der Waals surface area contributed by atoms with Crippen LogP contribution in [0.5, 0.6) is 0 Å². The fourth-order valence-electron chi connectivity index (χ4n) is 10.5. The molecule has 5 aromatic rings. The number of amides is 4. The third kappa shape index (κ3) is 9.98. The summed E-state index contributed by atoms with van der Waals surface area (Å²) in [6.45, 7) is 15.0. The van der Waals surface area contributed by atoms with E-state index in [-0.39, 0.29) is 65.4 Å². The van der Waals surface area contributed by atoms with Gasteiger partial charge in [-0.2, -0.15) is 0 Å². The normalized spacial score (nSPS) is 22.8. The Hall–Kier alpha value is -6.20. The van der Waals surface area contributed by atoms with E-state index in [1.807, 2.05) is 27.7 Å². The largest absolute Gasteiger partial charge is 0.453 e. The lowest BCUT2D eigenvalue weighted by Crippen LogP contribution is -2.51. The molecule has 3 aliphatic rings. The van der Waals surface area contributed by atoms with Gasteiger partial charge in [-0.25, -0.2) is 19.6 Å². The number of alkyl carbamates (subject to hydrolysis) is 2. The summed E-state index contributed by atoms with van der Waals surface area (Å²) in [7, 11) is 5.87. The molecule has 0 spiro atoms. The van der Waals surface area contributed by atoms with Gasteiger partial charge in [-0.1, -0.05) is 72.7 Å². The van der Waals surface area contributed by atoms with Gasteiger partial charge in [0, 0.05) is 45.8 Å². The molecule has 0 radical (unpaired) electrons. The van der Waals surface area contributed by atoms with E-state index in [1.165, 1.54) is 19.8 Å². The quantitative estimate of drug-likeness (QED) is 0.0889. The van der Waals surface area contributed by atoms with Crippen molar-refractivity contribution in [2.45, 2.75) is 128 Å². The van der Waals surface area contributed by atoms with Crippen LogP contribution in [0.3, 0.4) is 0 Å². The SMILES string of the molecule is COC(=O)N[C@H](C(=O)N1C[C@@H](OC)C[C@H]1c1nc2cc([C@H]3CC[C@H](c4ccc5[nH]c([C@@H]6C[C@H](OC)CN6C(=O)[C@@H](NC(=O)OC)C(C)C)nc5c4)N3c3ccc(C(C)(C)C)cc3)ccc2[nH]1)C(C)C. The second kappa shape index (κ2) is 20.0. The maximum Gasteiger partial charge on any atom is 0.407 e. The molecule has 3 saturated heterocycles. The Morgan fingerprint density at radius 3 is 1.41 bits per heavy atom. The average molecular weight is 948 g/mol. The van der Waals surface area contributed by atoms with Crippen LogP contribution < -0.4 is 15.5 Å². The van der Waals surface area contributed by atoms with Crippen LogP contribution in [0.2, 0.25) is 0 Å². The lowest BCUT2D eigenvalue weighted by molar-refractivity contribution is -0.136. The molecule has 8 rings (SSSR count). The van der Waals surface area contributed by atoms with Crippen molar-refractivity contribution >= 4 is 51.8 Å². The molecule has 8 atom stereocenters. The van der Waals surface area contributed by atoms with Crippen molar-refractivity contribution in [2.75, 3.05) is 46.4 Å². The van der Waals surface area contributed by atoms with Crippen molar-refractivity contribution in [1.29, 1.82) is 0 Å². The summed E-state index contributed by atoms with van der Waals surface area (Å²) < 4.78 is 21.3. The molecule has 69 heavy (non-hydrogen) atoms. The maximum absolute atomic E-state index is 14.1. The summed E-state index contributed by atoms with van der Waals surface area (Å²) in [5.41, 5.74) is 7.94. The monoisotopic (exact) mass is 948 g/mol. The van der Waals surface area contributed by atoms with Crippen LogP contribution in [-0.2, 0) is 34.0 Å². The van der Waals surface area contributed by atoms with Crippen LogP contribution in [-0.4, -0.2) is 120 Å². The number of imidazole rings is 2. The first kappa shape index (κ1) is 49.2. The molecule has 4 amide bonds. The predicted octanol–water partition coefficient (Wildman–Crippen LogP) is 8.16. The summed E-state index contributed by atoms with van der Waals surface area (Å²) in [5, 5.41) is 5.47. The van der Waals surface area contributed by atoms with E-state index in [2.05, 4.69) is 107 Å². The minimum Gasteiger partial charge on any atom is -0.453 e. The second-order valence-corrected chi connectivity index (χ2v) is 20.5. The van der Waals surface area contributed by atoms with Crippen LogP contribution in [0, 0.1) is 11.8 Å². The highest BCUT2D eigenvalue weighted by Gasteiger charge is 2.44. The van der Waals surface area contributed by atoms with Crippen LogP contribution in [0.15, 0.2) is 60.7 Å². The number of hydrogen-bond acceptors (Lipinski definition) is 11. The Kier molecular flexibility index (Phi) is 14.3.